The van der Waals surface area contributed by atoms with Crippen LogP contribution < -0.4 is 15.2 Å². The monoisotopic (exact) mass is 581 g/mol. The van der Waals surface area contributed by atoms with Gasteiger partial charge in [-0.25, -0.2) is 9.59 Å². The number of methoxy groups -OCH3 is 1. The molecule has 41 heavy (non-hydrogen) atoms. The van der Waals surface area contributed by atoms with E-state index in [0.29, 0.717) is 24.8 Å². The molecule has 1 aromatic rings. The summed E-state index contributed by atoms with van der Waals surface area (Å²) in [7, 11) is 1.21. The molecule has 0 amide bonds. The maximum absolute atomic E-state index is 12.8. The number of ether oxygens (including phenoxy) is 6. The molecule has 0 aliphatic heterocycles. The average molecular weight is 582 g/mol. The molecule has 0 bridgehead atoms. The highest BCUT2D eigenvalue weighted by Gasteiger charge is 2.38. The molecule has 11 nitrogen and oxygen atoms in total. The molecule has 2 N–H and O–H groups in total. The van der Waals surface area contributed by atoms with Crippen LogP contribution in [0.3, 0.4) is 0 Å². The van der Waals surface area contributed by atoms with Gasteiger partial charge in [0.15, 0.2) is 11.5 Å². The maximum atomic E-state index is 12.8. The molecule has 1 unspecified atom stereocenters. The number of carbonyl (C=O) groups excluding carboxylic acids is 4. The molecule has 0 aliphatic carbocycles. The number of nitrogens with two attached hydrogens (primary N) is 1. The lowest BCUT2D eigenvalue weighted by molar-refractivity contribution is -0.155. The van der Waals surface area contributed by atoms with Gasteiger partial charge in [0.05, 0.1) is 7.11 Å². The summed E-state index contributed by atoms with van der Waals surface area (Å²) in [6.45, 7) is 14.2. The summed E-state index contributed by atoms with van der Waals surface area (Å²) in [5.74, 6) is -1.34. The van der Waals surface area contributed by atoms with E-state index in [9.17, 15) is 19.2 Å². The largest absolute Gasteiger partial charge is 0.514 e. The van der Waals surface area contributed by atoms with Gasteiger partial charge in [-0.2, -0.15) is 0 Å². The lowest BCUT2D eigenvalue weighted by Gasteiger charge is -2.29. The van der Waals surface area contributed by atoms with Gasteiger partial charge in [-0.1, -0.05) is 33.3 Å². The molecule has 0 heterocycles. The van der Waals surface area contributed by atoms with E-state index < -0.39 is 41.1 Å². The Bertz CT molecular complexity index is 1050. The van der Waals surface area contributed by atoms with Crippen LogP contribution in [0.1, 0.15) is 99.5 Å². The van der Waals surface area contributed by atoms with Gasteiger partial charge in [0.2, 0.25) is 0 Å². The van der Waals surface area contributed by atoms with E-state index in [0.717, 1.165) is 6.42 Å². The molecule has 0 saturated carbocycles. The molecule has 11 heteroatoms. The van der Waals surface area contributed by atoms with Crippen LogP contribution in [-0.4, -0.2) is 54.2 Å². The fourth-order valence-corrected chi connectivity index (χ4v) is 3.60. The summed E-state index contributed by atoms with van der Waals surface area (Å²) < 4.78 is 31.9. The third kappa shape index (κ3) is 12.4. The number of hydrogen-bond acceptors (Lipinski definition) is 11. The first-order valence-corrected chi connectivity index (χ1v) is 14.0. The van der Waals surface area contributed by atoms with Gasteiger partial charge >= 0.3 is 24.2 Å². The van der Waals surface area contributed by atoms with Crippen molar-refractivity contribution in [1.82, 2.24) is 0 Å². The second-order valence-electron chi connectivity index (χ2n) is 11.3. The van der Waals surface area contributed by atoms with Gasteiger partial charge in [-0.3, -0.25) is 9.59 Å². The Labute approximate surface area is 243 Å². The predicted octanol–water partition coefficient (Wildman–Crippen LogP) is 6.02. The first-order valence-electron chi connectivity index (χ1n) is 14.0. The zero-order valence-electron chi connectivity index (χ0n) is 25.9. The summed E-state index contributed by atoms with van der Waals surface area (Å²) in [6.07, 6.45) is 0.0856. The Morgan fingerprint density at radius 1 is 0.878 bits per heavy atom. The van der Waals surface area contributed by atoms with Crippen molar-refractivity contribution in [3.63, 3.8) is 0 Å². The highest BCUT2D eigenvalue weighted by atomic mass is 16.8. The third-order valence-corrected chi connectivity index (χ3v) is 6.65. The van der Waals surface area contributed by atoms with Gasteiger partial charge in [0.25, 0.3) is 0 Å². The minimum Gasteiger partial charge on any atom is -0.468 e. The fraction of sp³-hybridized carbons (Fsp3) is 0.667. The van der Waals surface area contributed by atoms with Gasteiger partial charge in [-0.15, -0.1) is 0 Å². The van der Waals surface area contributed by atoms with Crippen molar-refractivity contribution in [3.8, 4) is 11.5 Å². The van der Waals surface area contributed by atoms with Crippen LogP contribution in [0.15, 0.2) is 18.2 Å². The maximum Gasteiger partial charge on any atom is 0.514 e. The average Bonchev–Trinajstić information content (AvgIpc) is 2.87. The van der Waals surface area contributed by atoms with E-state index in [4.69, 9.17) is 34.2 Å². The molecule has 2 atom stereocenters. The molecular formula is C30H47NO10. The number of carbonyl (C=O) groups is 4. The van der Waals surface area contributed by atoms with E-state index in [2.05, 4.69) is 0 Å². The van der Waals surface area contributed by atoms with Crippen LogP contribution in [0, 0.1) is 0 Å². The molecular weight excluding hydrogens is 534 g/mol. The van der Waals surface area contributed by atoms with Crippen LogP contribution in [0.25, 0.3) is 0 Å². The molecule has 0 aliphatic rings. The summed E-state index contributed by atoms with van der Waals surface area (Å²) >= 11 is 0. The van der Waals surface area contributed by atoms with Gasteiger partial charge in [0, 0.05) is 19.3 Å². The minimum absolute atomic E-state index is 0.0306. The van der Waals surface area contributed by atoms with E-state index in [-0.39, 0.29) is 36.7 Å². The molecule has 0 radical (unpaired) electrons. The Hall–Kier alpha value is -3.34. The Morgan fingerprint density at radius 2 is 1.41 bits per heavy atom. The SMILES string of the molecule is CCCCC(=O)O[C@@H](C)CC(N)(Cc1ccc(OC(=O)OC(C)(C)CC)c(OC(=O)OC(C)(C)CC)c1)C(=O)OC. The normalized spacial score (nSPS) is 13.8. The van der Waals surface area contributed by atoms with E-state index in [1.807, 2.05) is 20.8 Å². The van der Waals surface area contributed by atoms with Crippen LogP contribution in [0.5, 0.6) is 11.5 Å². The standard InChI is InChI=1S/C30H47NO10/c1-10-13-14-24(32)37-20(4)18-30(31,25(33)36-9)19-21-15-16-22(38-26(34)40-28(5,6)11-2)23(17-21)39-27(35)41-29(7,8)12-3/h15-17,20H,10-14,18-19,31H2,1-9H3/t20-,30?/m0/s1. The smallest absolute Gasteiger partial charge is 0.468 e. The number of unbranched alkanes of at least 4 members (excludes halogenated alkanes) is 1. The van der Waals surface area contributed by atoms with Crippen molar-refractivity contribution in [2.75, 3.05) is 7.11 Å². The Balaban J connectivity index is 3.32. The van der Waals surface area contributed by atoms with E-state index in [1.165, 1.54) is 19.2 Å². The first kappa shape index (κ1) is 35.7. The van der Waals surface area contributed by atoms with Gasteiger partial charge in [0.1, 0.15) is 22.8 Å². The quantitative estimate of drug-likeness (QED) is 0.147. The van der Waals surface area contributed by atoms with Crippen molar-refractivity contribution in [2.24, 2.45) is 5.73 Å². The number of benzene rings is 1. The molecule has 0 saturated heterocycles. The topological polar surface area (TPSA) is 150 Å². The van der Waals surface area contributed by atoms with E-state index >= 15 is 0 Å². The van der Waals surface area contributed by atoms with Crippen molar-refractivity contribution in [3.05, 3.63) is 23.8 Å². The van der Waals surface area contributed by atoms with Crippen LogP contribution in [-0.2, 0) is 35.0 Å². The number of hydrogen-bond donors (Lipinski definition) is 1. The second-order valence-corrected chi connectivity index (χ2v) is 11.3. The first-order chi connectivity index (χ1) is 19.0. The van der Waals surface area contributed by atoms with Crippen LogP contribution in [0.2, 0.25) is 0 Å². The lowest BCUT2D eigenvalue weighted by Crippen LogP contribution is -2.53. The van der Waals surface area contributed by atoms with Crippen LogP contribution >= 0.6 is 0 Å². The fourth-order valence-electron chi connectivity index (χ4n) is 3.60. The van der Waals surface area contributed by atoms with Gasteiger partial charge < -0.3 is 34.2 Å². The number of esters is 2. The second kappa shape index (κ2) is 15.6. The third-order valence-electron chi connectivity index (χ3n) is 6.65. The lowest BCUT2D eigenvalue weighted by atomic mass is 9.86. The predicted molar refractivity (Wildman–Crippen MR) is 152 cm³/mol. The summed E-state index contributed by atoms with van der Waals surface area (Å²) in [4.78, 5) is 50.0. The molecule has 0 aromatic heterocycles. The van der Waals surface area contributed by atoms with Crippen molar-refractivity contribution in [1.29, 1.82) is 0 Å². The molecule has 0 fully saturated rings. The highest BCUT2D eigenvalue weighted by molar-refractivity contribution is 5.81. The van der Waals surface area contributed by atoms with Crippen molar-refractivity contribution >= 4 is 24.2 Å². The van der Waals surface area contributed by atoms with Crippen LogP contribution in [0.4, 0.5) is 9.59 Å². The number of rotatable bonds is 15. The zero-order chi connectivity index (χ0) is 31.4. The summed E-state index contributed by atoms with van der Waals surface area (Å²) in [5.41, 5.74) is 3.79. The summed E-state index contributed by atoms with van der Waals surface area (Å²) in [5, 5.41) is 0. The Morgan fingerprint density at radius 3 is 1.90 bits per heavy atom. The highest BCUT2D eigenvalue weighted by Crippen LogP contribution is 2.32. The van der Waals surface area contributed by atoms with Crippen molar-refractivity contribution < 1.29 is 47.6 Å². The molecule has 0 spiro atoms. The minimum atomic E-state index is -1.59. The molecule has 232 valence electrons. The van der Waals surface area contributed by atoms with Gasteiger partial charge in [-0.05, 0) is 71.6 Å². The molecule has 1 rings (SSSR count). The van der Waals surface area contributed by atoms with E-state index in [1.54, 1.807) is 40.7 Å². The summed E-state index contributed by atoms with van der Waals surface area (Å²) in [6, 6.07) is 4.37. The zero-order valence-corrected chi connectivity index (χ0v) is 25.9. The Kier molecular flexibility index (Phi) is 13.6. The molecule has 1 aromatic carbocycles. The van der Waals surface area contributed by atoms with Crippen molar-refractivity contribution in [2.45, 2.75) is 123 Å².